The summed E-state index contributed by atoms with van der Waals surface area (Å²) in [6, 6.07) is 5.13. The minimum atomic E-state index is -3.53. The highest BCUT2D eigenvalue weighted by atomic mass is 32.2. The van der Waals surface area contributed by atoms with Crippen molar-refractivity contribution in [2.75, 3.05) is 46.4 Å². The molecule has 1 aliphatic heterocycles. The number of methoxy groups -OCH3 is 1. The first-order valence-corrected chi connectivity index (χ1v) is 9.81. The number of aryl methyl sites for hydroxylation is 2. The highest BCUT2D eigenvalue weighted by molar-refractivity contribution is 7.89. The van der Waals surface area contributed by atoms with Crippen molar-refractivity contribution in [1.29, 1.82) is 0 Å². The van der Waals surface area contributed by atoms with Crippen LogP contribution >= 0.6 is 0 Å². The lowest BCUT2D eigenvalue weighted by molar-refractivity contribution is -0.141. The summed E-state index contributed by atoms with van der Waals surface area (Å²) >= 11 is 0. The largest absolute Gasteiger partial charge is 0.468 e. The molecule has 8 nitrogen and oxygen atoms in total. The fourth-order valence-corrected chi connectivity index (χ4v) is 4.16. The van der Waals surface area contributed by atoms with Crippen LogP contribution in [0, 0.1) is 13.8 Å². The van der Waals surface area contributed by atoms with E-state index in [2.05, 4.69) is 10.1 Å². The predicted octanol–water partition coefficient (Wildman–Crippen LogP) is -0.101. The molecular weight excluding hydrogens is 358 g/mol. The van der Waals surface area contributed by atoms with Crippen LogP contribution in [-0.4, -0.2) is 75.9 Å². The molecule has 1 aliphatic rings. The smallest absolute Gasteiger partial charge is 0.325 e. The zero-order valence-corrected chi connectivity index (χ0v) is 16.1. The van der Waals surface area contributed by atoms with Crippen LogP contribution in [0.5, 0.6) is 0 Å². The van der Waals surface area contributed by atoms with E-state index in [1.165, 1.54) is 11.4 Å². The molecule has 0 saturated carbocycles. The van der Waals surface area contributed by atoms with Crippen molar-refractivity contribution in [3.8, 4) is 0 Å². The third kappa shape index (κ3) is 5.03. The van der Waals surface area contributed by atoms with E-state index in [1.54, 1.807) is 12.1 Å². The third-order valence-electron chi connectivity index (χ3n) is 4.47. The molecule has 0 atom stereocenters. The van der Waals surface area contributed by atoms with E-state index in [4.69, 9.17) is 0 Å². The van der Waals surface area contributed by atoms with Crippen molar-refractivity contribution in [2.24, 2.45) is 0 Å². The number of benzene rings is 1. The molecule has 144 valence electrons. The number of amides is 1. The Morgan fingerprint density at radius 1 is 1.12 bits per heavy atom. The van der Waals surface area contributed by atoms with Gasteiger partial charge in [0.05, 0.1) is 18.6 Å². The molecule has 9 heteroatoms. The predicted molar refractivity (Wildman–Crippen MR) is 96.1 cm³/mol. The van der Waals surface area contributed by atoms with Gasteiger partial charge in [-0.05, 0) is 37.1 Å². The number of hydrogen-bond donors (Lipinski definition) is 1. The molecule has 1 N–H and O–H groups in total. The minimum absolute atomic E-state index is 0.120. The summed E-state index contributed by atoms with van der Waals surface area (Å²) in [5, 5.41) is 2.47. The Morgan fingerprint density at radius 3 is 2.35 bits per heavy atom. The van der Waals surface area contributed by atoms with Gasteiger partial charge in [-0.25, -0.2) is 8.42 Å². The van der Waals surface area contributed by atoms with Gasteiger partial charge in [0.25, 0.3) is 0 Å². The Morgan fingerprint density at radius 2 is 1.77 bits per heavy atom. The van der Waals surface area contributed by atoms with Crippen LogP contribution < -0.4 is 5.32 Å². The van der Waals surface area contributed by atoms with Crippen LogP contribution in [0.15, 0.2) is 23.1 Å². The van der Waals surface area contributed by atoms with Gasteiger partial charge in [0, 0.05) is 26.2 Å². The topological polar surface area (TPSA) is 96.0 Å². The number of rotatable bonds is 6. The van der Waals surface area contributed by atoms with Crippen LogP contribution in [0.1, 0.15) is 11.1 Å². The summed E-state index contributed by atoms with van der Waals surface area (Å²) in [7, 11) is -2.28. The van der Waals surface area contributed by atoms with Crippen LogP contribution in [0.4, 0.5) is 0 Å². The maximum Gasteiger partial charge on any atom is 0.325 e. The van der Waals surface area contributed by atoms with Crippen LogP contribution in [-0.2, 0) is 24.3 Å². The molecule has 1 fully saturated rings. The first-order chi connectivity index (χ1) is 12.2. The maximum atomic E-state index is 12.8. The summed E-state index contributed by atoms with van der Waals surface area (Å²) in [4.78, 5) is 25.0. The van der Waals surface area contributed by atoms with Gasteiger partial charge in [-0.15, -0.1) is 0 Å². The van der Waals surface area contributed by atoms with Gasteiger partial charge in [-0.1, -0.05) is 6.07 Å². The minimum Gasteiger partial charge on any atom is -0.468 e. The summed E-state index contributed by atoms with van der Waals surface area (Å²) in [5.74, 6) is -0.802. The third-order valence-corrected chi connectivity index (χ3v) is 6.37. The van der Waals surface area contributed by atoms with Crippen molar-refractivity contribution in [3.05, 3.63) is 29.3 Å². The average Bonchev–Trinajstić information content (AvgIpc) is 2.62. The van der Waals surface area contributed by atoms with Crippen LogP contribution in [0.25, 0.3) is 0 Å². The molecule has 1 aromatic rings. The number of ether oxygens (including phenoxy) is 1. The number of nitrogens with zero attached hydrogens (tertiary/aromatic N) is 2. The number of carbonyl (C=O) groups excluding carboxylic acids is 2. The molecule has 1 amide bonds. The first kappa shape index (κ1) is 20.3. The van der Waals surface area contributed by atoms with Gasteiger partial charge in [0.15, 0.2) is 0 Å². The lowest BCUT2D eigenvalue weighted by atomic mass is 10.1. The highest BCUT2D eigenvalue weighted by Gasteiger charge is 2.29. The molecular formula is C17H25N3O5S. The summed E-state index contributed by atoms with van der Waals surface area (Å²) in [6.07, 6.45) is 0. The van der Waals surface area contributed by atoms with Gasteiger partial charge >= 0.3 is 5.97 Å². The first-order valence-electron chi connectivity index (χ1n) is 8.37. The molecule has 0 radical (unpaired) electrons. The summed E-state index contributed by atoms with van der Waals surface area (Å²) in [6.45, 7) is 5.32. The summed E-state index contributed by atoms with van der Waals surface area (Å²) < 4.78 is 31.4. The molecule has 0 aromatic heterocycles. The zero-order chi connectivity index (χ0) is 19.3. The van der Waals surface area contributed by atoms with Crippen molar-refractivity contribution in [1.82, 2.24) is 14.5 Å². The lowest BCUT2D eigenvalue weighted by Gasteiger charge is -2.33. The van der Waals surface area contributed by atoms with Crippen molar-refractivity contribution in [2.45, 2.75) is 18.7 Å². The molecule has 26 heavy (non-hydrogen) atoms. The number of piperazine rings is 1. The van der Waals surface area contributed by atoms with E-state index in [1.807, 2.05) is 24.8 Å². The van der Waals surface area contributed by atoms with Gasteiger partial charge in [0.1, 0.15) is 6.54 Å². The van der Waals surface area contributed by atoms with Gasteiger partial charge < -0.3 is 10.1 Å². The quantitative estimate of drug-likeness (QED) is 0.689. The zero-order valence-electron chi connectivity index (χ0n) is 15.3. The number of esters is 1. The number of sulfonamides is 1. The Balaban J connectivity index is 1.90. The fourth-order valence-electron chi connectivity index (χ4n) is 2.65. The Bertz CT molecular complexity index is 771. The number of hydrogen-bond acceptors (Lipinski definition) is 6. The second-order valence-corrected chi connectivity index (χ2v) is 8.22. The SMILES string of the molecule is COC(=O)CNC(=O)CN1CCN(S(=O)(=O)c2ccc(C)c(C)c2)CC1. The van der Waals surface area contributed by atoms with E-state index >= 15 is 0 Å². The van der Waals surface area contributed by atoms with Crippen molar-refractivity contribution >= 4 is 21.9 Å². The van der Waals surface area contributed by atoms with E-state index in [-0.39, 0.29) is 19.0 Å². The molecule has 1 heterocycles. The van der Waals surface area contributed by atoms with Crippen molar-refractivity contribution in [3.63, 3.8) is 0 Å². The fraction of sp³-hybridized carbons (Fsp3) is 0.529. The second kappa shape index (κ2) is 8.61. The molecule has 0 bridgehead atoms. The normalized spacial score (nSPS) is 16.3. The Kier molecular flexibility index (Phi) is 6.74. The summed E-state index contributed by atoms with van der Waals surface area (Å²) in [5.41, 5.74) is 1.98. The molecule has 1 aromatic carbocycles. The molecule has 2 rings (SSSR count). The Hall–Kier alpha value is -1.97. The average molecular weight is 383 g/mol. The molecule has 1 saturated heterocycles. The van der Waals surface area contributed by atoms with E-state index < -0.39 is 16.0 Å². The molecule has 0 spiro atoms. The van der Waals surface area contributed by atoms with E-state index in [0.717, 1.165) is 11.1 Å². The van der Waals surface area contributed by atoms with Crippen LogP contribution in [0.3, 0.4) is 0 Å². The standard InChI is InChI=1S/C17H25N3O5S/c1-13-4-5-15(10-14(13)2)26(23,24)20-8-6-19(7-9-20)12-16(21)18-11-17(22)25-3/h4-5,10H,6-9,11-12H2,1-3H3,(H,18,21). The van der Waals surface area contributed by atoms with Gasteiger partial charge in [-0.3, -0.25) is 14.5 Å². The molecule has 0 unspecified atom stereocenters. The maximum absolute atomic E-state index is 12.8. The molecule has 0 aliphatic carbocycles. The number of nitrogens with one attached hydrogen (secondary N) is 1. The van der Waals surface area contributed by atoms with E-state index in [9.17, 15) is 18.0 Å². The highest BCUT2D eigenvalue weighted by Crippen LogP contribution is 2.20. The monoisotopic (exact) mass is 383 g/mol. The Labute approximate surface area is 154 Å². The van der Waals surface area contributed by atoms with Crippen LogP contribution in [0.2, 0.25) is 0 Å². The number of carbonyl (C=O) groups is 2. The van der Waals surface area contributed by atoms with E-state index in [0.29, 0.717) is 31.1 Å². The lowest BCUT2D eigenvalue weighted by Crippen LogP contribution is -2.51. The van der Waals surface area contributed by atoms with Gasteiger partial charge in [-0.2, -0.15) is 4.31 Å². The second-order valence-electron chi connectivity index (χ2n) is 6.28. The van der Waals surface area contributed by atoms with Gasteiger partial charge in [0.2, 0.25) is 15.9 Å². The van der Waals surface area contributed by atoms with Crippen molar-refractivity contribution < 1.29 is 22.7 Å².